The summed E-state index contributed by atoms with van der Waals surface area (Å²) in [5, 5.41) is 11.9. The van der Waals surface area contributed by atoms with E-state index >= 15 is 0 Å². The van der Waals surface area contributed by atoms with E-state index in [2.05, 4.69) is 5.32 Å². The molecule has 24 heavy (non-hydrogen) atoms. The molecule has 1 heterocycles. The van der Waals surface area contributed by atoms with Crippen molar-refractivity contribution in [3.63, 3.8) is 0 Å². The van der Waals surface area contributed by atoms with Gasteiger partial charge in [-0.25, -0.2) is 9.69 Å². The van der Waals surface area contributed by atoms with Gasteiger partial charge in [-0.3, -0.25) is 14.9 Å². The molecule has 3 rings (SSSR count). The van der Waals surface area contributed by atoms with Gasteiger partial charge < -0.3 is 5.11 Å². The predicted molar refractivity (Wildman–Crippen MR) is 88.6 cm³/mol. The maximum Gasteiger partial charge on any atom is 0.335 e. The number of nitrogens with one attached hydrogen (secondary N) is 1. The molecule has 6 nitrogen and oxygen atoms in total. The van der Waals surface area contributed by atoms with Gasteiger partial charge in [-0.05, 0) is 42.0 Å². The number of anilines is 1. The number of nitrogens with zero attached hydrogens (tertiary/aromatic N) is 1. The van der Waals surface area contributed by atoms with Crippen molar-refractivity contribution in [2.45, 2.75) is 0 Å². The number of rotatable bonds is 2. The highest BCUT2D eigenvalue weighted by molar-refractivity contribution is 6.39. The molecule has 0 bridgehead atoms. The molecule has 2 aromatic carbocycles. The Labute approximate surface area is 142 Å². The predicted octanol–water partition coefficient (Wildman–Crippen LogP) is 2.71. The summed E-state index contributed by atoms with van der Waals surface area (Å²) in [6, 6.07) is 11.4. The summed E-state index contributed by atoms with van der Waals surface area (Å²) in [5.74, 6) is -1.57. The molecular weight excluding hydrogens is 332 g/mol. The monoisotopic (exact) mass is 342 g/mol. The fraction of sp³-hybridized carbons (Fsp3) is 0. The molecule has 0 aliphatic carbocycles. The smallest absolute Gasteiger partial charge is 0.335 e. The second kappa shape index (κ2) is 6.17. The fourth-order valence-corrected chi connectivity index (χ4v) is 2.47. The van der Waals surface area contributed by atoms with Crippen LogP contribution in [0.25, 0.3) is 6.08 Å². The number of urea groups is 1. The lowest BCUT2D eigenvalue weighted by Gasteiger charge is -2.26. The van der Waals surface area contributed by atoms with Crippen LogP contribution >= 0.6 is 11.6 Å². The number of hydrogen-bond acceptors (Lipinski definition) is 4. The van der Waals surface area contributed by atoms with Crippen LogP contribution in [0.15, 0.2) is 54.1 Å². The molecular formula is C17H11ClN2O4. The SMILES string of the molecule is O=C1NC(=O)N(c2cccc(Cl)c2)C(=O)/C1=C\c1cccc(O)c1. The molecule has 2 N–H and O–H groups in total. The minimum Gasteiger partial charge on any atom is -0.508 e. The number of carbonyl (C=O) groups excluding carboxylic acids is 3. The average molecular weight is 343 g/mol. The number of phenolic OH excluding ortho intramolecular Hbond substituents is 1. The molecule has 0 saturated carbocycles. The van der Waals surface area contributed by atoms with Gasteiger partial charge in [-0.15, -0.1) is 0 Å². The van der Waals surface area contributed by atoms with Gasteiger partial charge in [0, 0.05) is 5.02 Å². The first kappa shape index (κ1) is 15.8. The van der Waals surface area contributed by atoms with Gasteiger partial charge in [0.05, 0.1) is 5.69 Å². The minimum atomic E-state index is -0.847. The quantitative estimate of drug-likeness (QED) is 0.649. The number of halogens is 1. The van der Waals surface area contributed by atoms with Gasteiger partial charge in [0.1, 0.15) is 11.3 Å². The van der Waals surface area contributed by atoms with Crippen molar-refractivity contribution in [2.75, 3.05) is 4.90 Å². The maximum atomic E-state index is 12.6. The second-order valence-corrected chi connectivity index (χ2v) is 5.47. The van der Waals surface area contributed by atoms with Crippen LogP contribution in [0.3, 0.4) is 0 Å². The zero-order valence-corrected chi connectivity index (χ0v) is 12.9. The first-order valence-corrected chi connectivity index (χ1v) is 7.29. The fourth-order valence-electron chi connectivity index (χ4n) is 2.29. The Balaban J connectivity index is 2.03. The van der Waals surface area contributed by atoms with Crippen LogP contribution in [-0.4, -0.2) is 23.0 Å². The van der Waals surface area contributed by atoms with Crippen LogP contribution in [0.2, 0.25) is 5.02 Å². The summed E-state index contributed by atoms with van der Waals surface area (Å²) < 4.78 is 0. The summed E-state index contributed by atoms with van der Waals surface area (Å²) in [7, 11) is 0. The van der Waals surface area contributed by atoms with E-state index in [1.807, 2.05) is 0 Å². The molecule has 1 fully saturated rings. The Bertz CT molecular complexity index is 892. The number of carbonyl (C=O) groups is 3. The molecule has 120 valence electrons. The van der Waals surface area contributed by atoms with E-state index in [-0.39, 0.29) is 17.0 Å². The molecule has 7 heteroatoms. The van der Waals surface area contributed by atoms with E-state index in [0.717, 1.165) is 4.90 Å². The van der Waals surface area contributed by atoms with Crippen LogP contribution in [0.5, 0.6) is 5.75 Å². The van der Waals surface area contributed by atoms with Crippen LogP contribution in [0, 0.1) is 0 Å². The van der Waals surface area contributed by atoms with Gasteiger partial charge in [0.25, 0.3) is 11.8 Å². The van der Waals surface area contributed by atoms with Crippen molar-refractivity contribution in [3.05, 3.63) is 64.7 Å². The average Bonchev–Trinajstić information content (AvgIpc) is 2.51. The second-order valence-electron chi connectivity index (χ2n) is 5.03. The first-order chi connectivity index (χ1) is 11.5. The molecule has 0 atom stereocenters. The summed E-state index contributed by atoms with van der Waals surface area (Å²) in [6.07, 6.45) is 1.31. The lowest BCUT2D eigenvalue weighted by molar-refractivity contribution is -0.122. The maximum absolute atomic E-state index is 12.6. The Kier molecular flexibility index (Phi) is 4.05. The summed E-state index contributed by atoms with van der Waals surface area (Å²) in [5.41, 5.74) is 0.480. The summed E-state index contributed by atoms with van der Waals surface area (Å²) in [6.45, 7) is 0. The Hall–Kier alpha value is -3.12. The summed E-state index contributed by atoms with van der Waals surface area (Å²) in [4.78, 5) is 37.5. The number of phenols is 1. The number of hydrogen-bond donors (Lipinski definition) is 2. The number of barbiturate groups is 1. The highest BCUT2D eigenvalue weighted by atomic mass is 35.5. The first-order valence-electron chi connectivity index (χ1n) is 6.92. The van der Waals surface area contributed by atoms with Crippen molar-refractivity contribution in [1.29, 1.82) is 0 Å². The van der Waals surface area contributed by atoms with Gasteiger partial charge in [0.15, 0.2) is 0 Å². The number of benzene rings is 2. The van der Waals surface area contributed by atoms with E-state index in [9.17, 15) is 19.5 Å². The molecule has 4 amide bonds. The molecule has 0 unspecified atom stereocenters. The van der Waals surface area contributed by atoms with E-state index in [4.69, 9.17) is 11.6 Å². The lowest BCUT2D eigenvalue weighted by Crippen LogP contribution is -2.54. The molecule has 0 radical (unpaired) electrons. The van der Waals surface area contributed by atoms with Crippen molar-refractivity contribution in [3.8, 4) is 5.75 Å². The third-order valence-electron chi connectivity index (χ3n) is 3.35. The van der Waals surface area contributed by atoms with Crippen molar-refractivity contribution in [1.82, 2.24) is 5.32 Å². The topological polar surface area (TPSA) is 86.7 Å². The van der Waals surface area contributed by atoms with E-state index < -0.39 is 17.8 Å². The van der Waals surface area contributed by atoms with Crippen LogP contribution < -0.4 is 10.2 Å². The highest BCUT2D eigenvalue weighted by Crippen LogP contribution is 2.24. The van der Waals surface area contributed by atoms with Gasteiger partial charge in [-0.1, -0.05) is 29.8 Å². The van der Waals surface area contributed by atoms with Gasteiger partial charge >= 0.3 is 6.03 Å². The van der Waals surface area contributed by atoms with E-state index in [0.29, 0.717) is 10.6 Å². The molecule has 1 saturated heterocycles. The molecule has 0 spiro atoms. The number of amides is 4. The molecule has 2 aromatic rings. The Morgan fingerprint density at radius 3 is 2.50 bits per heavy atom. The largest absolute Gasteiger partial charge is 0.508 e. The minimum absolute atomic E-state index is 0.00390. The Morgan fingerprint density at radius 1 is 1.04 bits per heavy atom. The van der Waals surface area contributed by atoms with Crippen LogP contribution in [0.4, 0.5) is 10.5 Å². The normalized spacial score (nSPS) is 16.5. The van der Waals surface area contributed by atoms with E-state index in [1.54, 1.807) is 24.3 Å². The lowest BCUT2D eigenvalue weighted by atomic mass is 10.1. The number of imide groups is 2. The van der Waals surface area contributed by atoms with Crippen LogP contribution in [0.1, 0.15) is 5.56 Å². The Morgan fingerprint density at radius 2 is 1.79 bits per heavy atom. The van der Waals surface area contributed by atoms with Gasteiger partial charge in [0.2, 0.25) is 0 Å². The van der Waals surface area contributed by atoms with Crippen molar-refractivity contribution < 1.29 is 19.5 Å². The third kappa shape index (κ3) is 3.00. The highest BCUT2D eigenvalue weighted by Gasteiger charge is 2.36. The zero-order chi connectivity index (χ0) is 17.3. The zero-order valence-electron chi connectivity index (χ0n) is 12.2. The molecule has 1 aliphatic rings. The van der Waals surface area contributed by atoms with Gasteiger partial charge in [-0.2, -0.15) is 0 Å². The third-order valence-corrected chi connectivity index (χ3v) is 3.58. The standard InChI is InChI=1S/C17H11ClN2O4/c18-11-4-2-5-12(9-11)20-16(23)14(15(22)19-17(20)24)8-10-3-1-6-13(21)7-10/h1-9,21H,(H,19,22,24)/b14-8-. The molecule has 1 aliphatic heterocycles. The van der Waals surface area contributed by atoms with E-state index in [1.165, 1.54) is 30.3 Å². The van der Waals surface area contributed by atoms with Crippen molar-refractivity contribution in [2.24, 2.45) is 0 Å². The molecule has 0 aromatic heterocycles. The number of aromatic hydroxyl groups is 1. The van der Waals surface area contributed by atoms with Crippen molar-refractivity contribution >= 4 is 41.2 Å². The van der Waals surface area contributed by atoms with Crippen LogP contribution in [-0.2, 0) is 9.59 Å². The summed E-state index contributed by atoms with van der Waals surface area (Å²) >= 11 is 5.89.